The second kappa shape index (κ2) is 11.9. The Bertz CT molecular complexity index is 2900. The monoisotopic (exact) mass is 652 g/mol. The van der Waals surface area contributed by atoms with Crippen molar-refractivity contribution in [2.45, 2.75) is 0 Å². The number of aromatic nitrogens is 4. The van der Waals surface area contributed by atoms with Crippen LogP contribution in [0.5, 0.6) is 0 Å². The van der Waals surface area contributed by atoms with E-state index in [0.717, 1.165) is 82.9 Å². The van der Waals surface area contributed by atoms with E-state index in [1.54, 1.807) is 0 Å². The summed E-state index contributed by atoms with van der Waals surface area (Å²) in [7, 11) is 0. The van der Waals surface area contributed by atoms with Gasteiger partial charge in [0.2, 0.25) is 0 Å². The molecular formula is C46H28N4O. The number of furan rings is 1. The highest BCUT2D eigenvalue weighted by atomic mass is 16.3. The third kappa shape index (κ3) is 5.03. The first-order valence-electron chi connectivity index (χ1n) is 17.0. The Labute approximate surface area is 293 Å². The van der Waals surface area contributed by atoms with Gasteiger partial charge in [0, 0.05) is 43.8 Å². The molecule has 0 aliphatic carbocycles. The normalized spacial score (nSPS) is 11.5. The lowest BCUT2D eigenvalue weighted by Crippen LogP contribution is -1.96. The van der Waals surface area contributed by atoms with Crippen LogP contribution in [0.4, 0.5) is 0 Å². The van der Waals surface area contributed by atoms with E-state index in [9.17, 15) is 0 Å². The van der Waals surface area contributed by atoms with Crippen LogP contribution in [0.1, 0.15) is 0 Å². The maximum atomic E-state index is 6.46. The lowest BCUT2D eigenvalue weighted by Gasteiger charge is -2.11. The van der Waals surface area contributed by atoms with E-state index in [1.807, 2.05) is 84.9 Å². The van der Waals surface area contributed by atoms with Crippen LogP contribution < -0.4 is 0 Å². The maximum absolute atomic E-state index is 6.46. The number of fused-ring (bicyclic) bond motifs is 5. The fourth-order valence-corrected chi connectivity index (χ4v) is 7.04. The third-order valence-corrected chi connectivity index (χ3v) is 9.51. The van der Waals surface area contributed by atoms with Crippen LogP contribution in [0.3, 0.4) is 0 Å². The molecule has 10 rings (SSSR count). The van der Waals surface area contributed by atoms with Crippen molar-refractivity contribution >= 4 is 43.7 Å². The summed E-state index contributed by atoms with van der Waals surface area (Å²) in [6.45, 7) is 0. The fraction of sp³-hybridized carbons (Fsp3) is 0. The molecule has 3 heterocycles. The van der Waals surface area contributed by atoms with Crippen LogP contribution in [-0.4, -0.2) is 19.9 Å². The largest absolute Gasteiger partial charge is 0.456 e. The molecule has 0 amide bonds. The Kier molecular flexibility index (Phi) is 6.74. The highest BCUT2D eigenvalue weighted by Crippen LogP contribution is 2.40. The molecule has 0 unspecified atom stereocenters. The predicted molar refractivity (Wildman–Crippen MR) is 207 cm³/mol. The van der Waals surface area contributed by atoms with Crippen LogP contribution in [0.2, 0.25) is 0 Å². The van der Waals surface area contributed by atoms with Crippen LogP contribution in [0.25, 0.3) is 100 Å². The Morgan fingerprint density at radius 1 is 0.333 bits per heavy atom. The summed E-state index contributed by atoms with van der Waals surface area (Å²) in [6, 6.07) is 58.0. The van der Waals surface area contributed by atoms with Crippen LogP contribution in [-0.2, 0) is 0 Å². The van der Waals surface area contributed by atoms with Crippen LogP contribution >= 0.6 is 0 Å². The van der Waals surface area contributed by atoms with Gasteiger partial charge in [-0.15, -0.1) is 0 Å². The molecule has 5 heteroatoms. The summed E-state index contributed by atoms with van der Waals surface area (Å²) in [5.74, 6) is 1.34. The second-order valence-electron chi connectivity index (χ2n) is 12.6. The zero-order valence-electron chi connectivity index (χ0n) is 27.4. The molecule has 0 N–H and O–H groups in total. The minimum Gasteiger partial charge on any atom is -0.456 e. The summed E-state index contributed by atoms with van der Waals surface area (Å²) in [4.78, 5) is 20.5. The molecule has 238 valence electrons. The summed E-state index contributed by atoms with van der Waals surface area (Å²) < 4.78 is 6.46. The number of para-hydroxylation sites is 2. The quantitative estimate of drug-likeness (QED) is 0.185. The molecule has 3 aromatic heterocycles. The molecule has 0 aliphatic heterocycles. The first-order valence-corrected chi connectivity index (χ1v) is 17.0. The summed E-state index contributed by atoms with van der Waals surface area (Å²) in [5.41, 5.74) is 11.4. The van der Waals surface area contributed by atoms with Crippen molar-refractivity contribution in [3.8, 4) is 56.4 Å². The Balaban J connectivity index is 1.16. The smallest absolute Gasteiger partial charge is 0.161 e. The first kappa shape index (κ1) is 29.0. The Morgan fingerprint density at radius 3 is 1.61 bits per heavy atom. The molecule has 0 fully saturated rings. The molecule has 0 saturated heterocycles. The van der Waals surface area contributed by atoms with Gasteiger partial charge >= 0.3 is 0 Å². The molecule has 0 saturated carbocycles. The van der Waals surface area contributed by atoms with Crippen molar-refractivity contribution in [2.75, 3.05) is 0 Å². The van der Waals surface area contributed by atoms with Gasteiger partial charge in [-0.2, -0.15) is 0 Å². The average molecular weight is 653 g/mol. The third-order valence-electron chi connectivity index (χ3n) is 9.51. The molecule has 10 aromatic rings. The Morgan fingerprint density at radius 2 is 0.882 bits per heavy atom. The highest BCUT2D eigenvalue weighted by molar-refractivity contribution is 6.13. The maximum Gasteiger partial charge on any atom is 0.161 e. The van der Waals surface area contributed by atoms with Crippen LogP contribution in [0, 0.1) is 0 Å². The lowest BCUT2D eigenvalue weighted by atomic mass is 9.99. The van der Waals surface area contributed by atoms with Gasteiger partial charge in [0.1, 0.15) is 11.2 Å². The summed E-state index contributed by atoms with van der Waals surface area (Å²) >= 11 is 0. The molecule has 0 aliphatic rings. The van der Waals surface area contributed by atoms with E-state index in [4.69, 9.17) is 24.4 Å². The molecular weight excluding hydrogens is 625 g/mol. The Hall–Kier alpha value is -6.98. The van der Waals surface area contributed by atoms with Gasteiger partial charge in [-0.25, -0.2) is 19.9 Å². The van der Waals surface area contributed by atoms with E-state index in [2.05, 4.69) is 84.9 Å². The van der Waals surface area contributed by atoms with Gasteiger partial charge in [-0.3, -0.25) is 0 Å². The predicted octanol–water partition coefficient (Wildman–Crippen LogP) is 11.8. The minimum atomic E-state index is 0.647. The molecule has 0 radical (unpaired) electrons. The zero-order valence-corrected chi connectivity index (χ0v) is 27.4. The van der Waals surface area contributed by atoms with E-state index in [-0.39, 0.29) is 0 Å². The van der Waals surface area contributed by atoms with Crippen molar-refractivity contribution in [2.24, 2.45) is 0 Å². The van der Waals surface area contributed by atoms with Crippen molar-refractivity contribution in [3.05, 3.63) is 170 Å². The molecule has 0 bridgehead atoms. The average Bonchev–Trinajstić information content (AvgIpc) is 3.59. The van der Waals surface area contributed by atoms with Gasteiger partial charge in [-0.05, 0) is 47.5 Å². The number of benzene rings is 7. The molecule has 5 nitrogen and oxygen atoms in total. The van der Waals surface area contributed by atoms with Gasteiger partial charge in [-0.1, -0.05) is 133 Å². The van der Waals surface area contributed by atoms with Crippen molar-refractivity contribution in [1.29, 1.82) is 0 Å². The van der Waals surface area contributed by atoms with Gasteiger partial charge in [0.05, 0.1) is 22.4 Å². The molecule has 0 atom stereocenters. The van der Waals surface area contributed by atoms with Gasteiger partial charge in [0.15, 0.2) is 11.6 Å². The van der Waals surface area contributed by atoms with Crippen molar-refractivity contribution < 1.29 is 4.42 Å². The topological polar surface area (TPSA) is 64.7 Å². The summed E-state index contributed by atoms with van der Waals surface area (Å²) in [6.07, 6.45) is 0. The number of nitrogens with zero attached hydrogens (tertiary/aromatic N) is 4. The van der Waals surface area contributed by atoms with E-state index in [0.29, 0.717) is 11.6 Å². The fourth-order valence-electron chi connectivity index (χ4n) is 7.04. The first-order chi connectivity index (χ1) is 25.3. The summed E-state index contributed by atoms with van der Waals surface area (Å²) in [5, 5.41) is 3.94. The SMILES string of the molecule is c1ccc(-c2ccc(-c3nc(-c4cccc5oc6ccc(-c7nc(-c8ccccc8)nc8ccccc78)cc6c45)nc4ccccc34)cc2)cc1. The number of hydrogen-bond donors (Lipinski definition) is 0. The number of hydrogen-bond acceptors (Lipinski definition) is 5. The standard InChI is InChI=1S/C46H28N4O/c1-3-12-29(13-4-1)30-22-24-31(25-23-30)43-34-16-7-10-20-39(34)48-46(50-43)36-18-11-21-41-42(36)37-28-33(26-27-40(37)51-41)44-35-17-8-9-19-38(35)47-45(49-44)32-14-5-2-6-15-32/h1-28H. The van der Waals surface area contributed by atoms with Gasteiger partial charge in [0.25, 0.3) is 0 Å². The van der Waals surface area contributed by atoms with Crippen molar-refractivity contribution in [1.82, 2.24) is 19.9 Å². The van der Waals surface area contributed by atoms with E-state index >= 15 is 0 Å². The van der Waals surface area contributed by atoms with Gasteiger partial charge < -0.3 is 4.42 Å². The number of rotatable bonds is 5. The lowest BCUT2D eigenvalue weighted by molar-refractivity contribution is 0.669. The molecule has 51 heavy (non-hydrogen) atoms. The zero-order chi connectivity index (χ0) is 33.7. The van der Waals surface area contributed by atoms with Crippen molar-refractivity contribution in [3.63, 3.8) is 0 Å². The second-order valence-corrected chi connectivity index (χ2v) is 12.6. The molecule has 0 spiro atoms. The minimum absolute atomic E-state index is 0.647. The highest BCUT2D eigenvalue weighted by Gasteiger charge is 2.19. The molecule has 7 aromatic carbocycles. The van der Waals surface area contributed by atoms with E-state index in [1.165, 1.54) is 5.56 Å². The van der Waals surface area contributed by atoms with E-state index < -0.39 is 0 Å². The van der Waals surface area contributed by atoms with Crippen LogP contribution in [0.15, 0.2) is 174 Å².